The van der Waals surface area contributed by atoms with Crippen LogP contribution in [0.5, 0.6) is 0 Å². The van der Waals surface area contributed by atoms with Crippen LogP contribution in [0.1, 0.15) is 0 Å². The number of amidine groups is 1. The van der Waals surface area contributed by atoms with E-state index in [4.69, 9.17) is 5.10 Å². The Morgan fingerprint density at radius 1 is 0.875 bits per heavy atom. The number of para-hydroxylation sites is 1. The van der Waals surface area contributed by atoms with Crippen molar-refractivity contribution in [2.75, 3.05) is 11.6 Å². The largest absolute Gasteiger partial charge is 0.320 e. The first-order valence-electron chi connectivity index (χ1n) is 9.97. The smallest absolute Gasteiger partial charge is 0.287 e. The molecular formula is C24H20N5O2S+. The van der Waals surface area contributed by atoms with E-state index in [1.54, 1.807) is 36.7 Å². The Hall–Kier alpha value is -3.88. The van der Waals surface area contributed by atoms with Gasteiger partial charge in [-0.3, -0.25) is 4.99 Å². The molecule has 3 aromatic rings. The van der Waals surface area contributed by atoms with Gasteiger partial charge in [-0.1, -0.05) is 47.1 Å². The van der Waals surface area contributed by atoms with Crippen molar-refractivity contribution >= 4 is 39.2 Å². The van der Waals surface area contributed by atoms with Gasteiger partial charge < -0.3 is 5.32 Å². The lowest BCUT2D eigenvalue weighted by molar-refractivity contribution is 0.594. The van der Waals surface area contributed by atoms with Gasteiger partial charge in [0.25, 0.3) is 11.8 Å². The van der Waals surface area contributed by atoms with E-state index in [9.17, 15) is 8.42 Å². The predicted octanol–water partition coefficient (Wildman–Crippen LogP) is 4.42. The summed E-state index contributed by atoms with van der Waals surface area (Å²) >= 11 is 0. The molecule has 3 aromatic carbocycles. The Labute approximate surface area is 186 Å². The Balaban J connectivity index is 1.56. The van der Waals surface area contributed by atoms with Crippen LogP contribution in [0.15, 0.2) is 111 Å². The maximum atomic E-state index is 11.7. The van der Waals surface area contributed by atoms with Crippen molar-refractivity contribution in [2.45, 2.75) is 4.90 Å². The Kier molecular flexibility index (Phi) is 4.80. The van der Waals surface area contributed by atoms with E-state index in [-0.39, 0.29) is 9.49 Å². The third-order valence-corrected chi connectivity index (χ3v) is 6.40. The van der Waals surface area contributed by atoms with Gasteiger partial charge in [0, 0.05) is 23.6 Å². The lowest BCUT2D eigenvalue weighted by atomic mass is 10.0. The summed E-state index contributed by atoms with van der Waals surface area (Å²) in [6, 6.07) is 24.7. The first-order valence-corrected chi connectivity index (χ1v) is 11.9. The molecule has 0 saturated carbocycles. The zero-order valence-electron chi connectivity index (χ0n) is 17.3. The minimum absolute atomic E-state index is 0.0539. The second-order valence-electron chi connectivity index (χ2n) is 7.46. The van der Waals surface area contributed by atoms with Crippen molar-refractivity contribution in [3.63, 3.8) is 0 Å². The molecule has 0 aromatic heterocycles. The number of aliphatic imine (C=N–C) groups is 2. The van der Waals surface area contributed by atoms with Crippen LogP contribution in [0, 0.1) is 0 Å². The van der Waals surface area contributed by atoms with Gasteiger partial charge in [0.1, 0.15) is 6.21 Å². The number of fused-ring (bicyclic) bond motifs is 1. The van der Waals surface area contributed by atoms with E-state index >= 15 is 0 Å². The zero-order valence-corrected chi connectivity index (χ0v) is 18.1. The molecule has 2 aliphatic rings. The Bertz CT molecular complexity index is 1410. The minimum Gasteiger partial charge on any atom is -0.320 e. The fourth-order valence-electron chi connectivity index (χ4n) is 3.74. The van der Waals surface area contributed by atoms with Gasteiger partial charge in [0.2, 0.25) is 0 Å². The molecule has 32 heavy (non-hydrogen) atoms. The van der Waals surface area contributed by atoms with Gasteiger partial charge in [-0.05, 0) is 41.0 Å². The number of quaternary nitrogens is 1. The average Bonchev–Trinajstić information content (AvgIpc) is 3.18. The summed E-state index contributed by atoms with van der Waals surface area (Å²) in [5, 5.41) is 8.09. The van der Waals surface area contributed by atoms with Crippen molar-refractivity contribution in [1.82, 2.24) is 4.59 Å². The molecule has 2 heterocycles. The summed E-state index contributed by atoms with van der Waals surface area (Å²) in [5.41, 5.74) is 3.77. The molecule has 158 valence electrons. The highest BCUT2D eigenvalue weighted by atomic mass is 32.2. The van der Waals surface area contributed by atoms with Crippen molar-refractivity contribution in [3.05, 3.63) is 91.3 Å². The third-order valence-electron chi connectivity index (χ3n) is 5.28. The highest BCUT2D eigenvalue weighted by Gasteiger charge is 2.44. The van der Waals surface area contributed by atoms with Crippen molar-refractivity contribution < 1.29 is 8.42 Å². The van der Waals surface area contributed by atoms with E-state index in [0.717, 1.165) is 16.8 Å². The summed E-state index contributed by atoms with van der Waals surface area (Å²) in [4.78, 5) is 9.18. The van der Waals surface area contributed by atoms with E-state index in [0.29, 0.717) is 17.5 Å². The lowest BCUT2D eigenvalue weighted by Gasteiger charge is -2.26. The fourth-order valence-corrected chi connectivity index (χ4v) is 4.37. The number of benzene rings is 3. The van der Waals surface area contributed by atoms with Gasteiger partial charge in [-0.2, -0.15) is 4.99 Å². The second-order valence-corrected chi connectivity index (χ2v) is 9.48. The van der Waals surface area contributed by atoms with Crippen LogP contribution in [0.4, 0.5) is 11.4 Å². The van der Waals surface area contributed by atoms with E-state index in [2.05, 4.69) is 33.5 Å². The van der Waals surface area contributed by atoms with E-state index in [1.807, 2.05) is 42.6 Å². The summed E-state index contributed by atoms with van der Waals surface area (Å²) in [7, 11) is -3.26. The highest BCUT2D eigenvalue weighted by molar-refractivity contribution is 7.90. The fraction of sp³-hybridized carbons (Fsp3) is 0.0417. The van der Waals surface area contributed by atoms with E-state index < -0.39 is 9.84 Å². The molecule has 2 aliphatic heterocycles. The van der Waals surface area contributed by atoms with Crippen LogP contribution >= 0.6 is 0 Å². The van der Waals surface area contributed by atoms with Crippen LogP contribution < -0.4 is 9.91 Å². The maximum Gasteiger partial charge on any atom is 0.287 e. The summed E-state index contributed by atoms with van der Waals surface area (Å²) in [6.45, 7) is 0. The number of guanidine groups is 1. The maximum absolute atomic E-state index is 11.7. The number of hydrogen-bond acceptors (Lipinski definition) is 6. The molecule has 7 nitrogen and oxygen atoms in total. The first-order chi connectivity index (χ1) is 15.5. The van der Waals surface area contributed by atoms with Gasteiger partial charge >= 0.3 is 0 Å². The molecule has 0 fully saturated rings. The molecule has 0 amide bonds. The standard InChI is InChI=1S/C24H20N5O2S/c1-32(30,31)20-13-11-19(12-14-20)26-24-27-23-17-25-15-16-29(23,28-24)22-10-6-5-9-21(22)18-7-3-2-4-8-18/h2-17H,1H3,(H,26,28)/q+1. The summed E-state index contributed by atoms with van der Waals surface area (Å²) in [6.07, 6.45) is 6.49. The summed E-state index contributed by atoms with van der Waals surface area (Å²) < 4.78 is 23.5. The molecule has 1 N–H and O–H groups in total. The van der Waals surface area contributed by atoms with E-state index in [1.165, 1.54) is 6.26 Å². The number of anilines is 1. The molecule has 0 bridgehead atoms. The predicted molar refractivity (Wildman–Crippen MR) is 129 cm³/mol. The van der Waals surface area contributed by atoms with Crippen LogP contribution in [0.3, 0.4) is 0 Å². The van der Waals surface area contributed by atoms with Crippen LogP contribution in [0.2, 0.25) is 0 Å². The number of nitrogens with zero attached hydrogens (tertiary/aromatic N) is 4. The van der Waals surface area contributed by atoms with Crippen LogP contribution in [-0.2, 0) is 9.84 Å². The molecule has 1 atom stereocenters. The molecule has 0 saturated heterocycles. The second kappa shape index (κ2) is 7.67. The lowest BCUT2D eigenvalue weighted by Crippen LogP contribution is -2.44. The van der Waals surface area contributed by atoms with Crippen LogP contribution in [-0.4, -0.2) is 32.7 Å². The molecular weight excluding hydrogens is 422 g/mol. The Morgan fingerprint density at radius 3 is 2.34 bits per heavy atom. The SMILES string of the molecule is CS(=O)(=O)c1ccc(NC2=N[N+]3(c4ccccc4-c4ccccc4)C=CN=CC3=N2)cc1. The number of sulfone groups is 1. The first kappa shape index (κ1) is 20.0. The molecule has 5 rings (SSSR count). The van der Waals surface area contributed by atoms with Gasteiger partial charge in [-0.25, -0.2) is 8.42 Å². The molecule has 1 unspecified atom stereocenters. The number of rotatable bonds is 4. The van der Waals surface area contributed by atoms with Crippen LogP contribution in [0.25, 0.3) is 11.1 Å². The monoisotopic (exact) mass is 442 g/mol. The number of nitrogens with one attached hydrogen (secondary N) is 1. The van der Waals surface area contributed by atoms with Crippen molar-refractivity contribution in [2.24, 2.45) is 15.1 Å². The highest BCUT2D eigenvalue weighted by Crippen LogP contribution is 2.39. The third kappa shape index (κ3) is 3.55. The Morgan fingerprint density at radius 2 is 1.59 bits per heavy atom. The average molecular weight is 443 g/mol. The minimum atomic E-state index is -3.26. The molecule has 0 radical (unpaired) electrons. The molecule has 8 heteroatoms. The summed E-state index contributed by atoms with van der Waals surface area (Å²) in [5.74, 6) is 1.07. The van der Waals surface area contributed by atoms with Crippen molar-refractivity contribution in [1.29, 1.82) is 0 Å². The molecule has 0 aliphatic carbocycles. The quantitative estimate of drug-likeness (QED) is 0.608. The molecule has 0 spiro atoms. The van der Waals surface area contributed by atoms with Gasteiger partial charge in [0.15, 0.2) is 21.7 Å². The topological polar surface area (TPSA) is 83.2 Å². The van der Waals surface area contributed by atoms with Gasteiger partial charge in [-0.15, -0.1) is 0 Å². The number of hydrogen-bond donors (Lipinski definition) is 1. The van der Waals surface area contributed by atoms with Crippen molar-refractivity contribution in [3.8, 4) is 11.1 Å². The zero-order chi connectivity index (χ0) is 22.2. The van der Waals surface area contributed by atoms with Gasteiger partial charge in [0.05, 0.1) is 11.1 Å². The normalized spacial score (nSPS) is 19.3.